The predicted molar refractivity (Wildman–Crippen MR) is 61.1 cm³/mol. The van der Waals surface area contributed by atoms with Crippen LogP contribution in [0.3, 0.4) is 0 Å². The summed E-state index contributed by atoms with van der Waals surface area (Å²) in [4.78, 5) is 4.88. The Hall–Kier alpha value is -0.860. The molecule has 1 rings (SSSR count). The molecular formula is C12H21NO. The minimum atomic E-state index is 0.965. The van der Waals surface area contributed by atoms with Crippen LogP contribution >= 0.6 is 0 Å². The maximum Gasteiger partial charge on any atom is 0.0575 e. The monoisotopic (exact) mass is 195 g/mol. The minimum Gasteiger partial charge on any atom is -0.302 e. The smallest absolute Gasteiger partial charge is 0.0575 e. The average molecular weight is 195 g/mol. The molecular weight excluding hydrogens is 174 g/mol. The highest BCUT2D eigenvalue weighted by Crippen LogP contribution is 1.92. The molecule has 0 aliphatic rings. The number of nitrogens with zero attached hydrogens (tertiary/aromatic N) is 1. The van der Waals surface area contributed by atoms with Crippen molar-refractivity contribution in [3.63, 3.8) is 0 Å². The molecule has 0 saturated heterocycles. The van der Waals surface area contributed by atoms with E-state index >= 15 is 0 Å². The zero-order chi connectivity index (χ0) is 10.8. The molecule has 1 aromatic rings. The van der Waals surface area contributed by atoms with Gasteiger partial charge in [0.15, 0.2) is 0 Å². The number of hydroxylamine groups is 2. The zero-order valence-electron chi connectivity index (χ0n) is 9.66. The van der Waals surface area contributed by atoms with Crippen LogP contribution < -0.4 is 0 Å². The first-order valence-electron chi connectivity index (χ1n) is 5.05. The van der Waals surface area contributed by atoms with Crippen LogP contribution in [0.2, 0.25) is 0 Å². The van der Waals surface area contributed by atoms with Gasteiger partial charge in [-0.25, -0.2) is 0 Å². The van der Waals surface area contributed by atoms with E-state index in [1.165, 1.54) is 5.56 Å². The molecule has 80 valence electrons. The first-order valence-corrected chi connectivity index (χ1v) is 5.05. The van der Waals surface area contributed by atoms with E-state index in [1.54, 1.807) is 7.11 Å². The van der Waals surface area contributed by atoms with E-state index in [0.29, 0.717) is 0 Å². The van der Waals surface area contributed by atoms with Gasteiger partial charge in [0.05, 0.1) is 7.11 Å². The lowest BCUT2D eigenvalue weighted by atomic mass is 10.2. The van der Waals surface area contributed by atoms with Crippen LogP contribution in [0.1, 0.15) is 19.4 Å². The van der Waals surface area contributed by atoms with Crippen molar-refractivity contribution in [3.8, 4) is 0 Å². The van der Waals surface area contributed by atoms with Gasteiger partial charge in [0, 0.05) is 13.1 Å². The molecule has 2 nitrogen and oxygen atoms in total. The molecule has 0 amide bonds. The molecule has 0 bridgehead atoms. The van der Waals surface area contributed by atoms with E-state index < -0.39 is 0 Å². The first kappa shape index (κ1) is 13.1. The van der Waals surface area contributed by atoms with Crippen molar-refractivity contribution in [2.75, 3.05) is 20.2 Å². The Labute approximate surface area is 87.5 Å². The molecule has 0 heterocycles. The fourth-order valence-electron chi connectivity index (χ4n) is 1.02. The third kappa shape index (κ3) is 6.63. The average Bonchev–Trinajstić information content (AvgIpc) is 2.22. The third-order valence-corrected chi connectivity index (χ3v) is 1.90. The second-order valence-electron chi connectivity index (χ2n) is 2.95. The van der Waals surface area contributed by atoms with Crippen LogP contribution in [0.25, 0.3) is 0 Å². The van der Waals surface area contributed by atoms with Gasteiger partial charge in [-0.2, -0.15) is 5.06 Å². The summed E-state index contributed by atoms with van der Waals surface area (Å²) >= 11 is 0. The highest BCUT2D eigenvalue weighted by Gasteiger charge is 1.89. The van der Waals surface area contributed by atoms with E-state index in [1.807, 2.05) is 23.3 Å². The molecule has 0 atom stereocenters. The quantitative estimate of drug-likeness (QED) is 0.688. The summed E-state index contributed by atoms with van der Waals surface area (Å²) in [6.45, 7) is 8.14. The van der Waals surface area contributed by atoms with Gasteiger partial charge in [0.1, 0.15) is 0 Å². The van der Waals surface area contributed by atoms with Gasteiger partial charge in [-0.05, 0) is 6.92 Å². The molecule has 0 aliphatic heterocycles. The van der Waals surface area contributed by atoms with Crippen LogP contribution in [0.4, 0.5) is 0 Å². The van der Waals surface area contributed by atoms with Crippen LogP contribution in [-0.4, -0.2) is 25.3 Å². The molecule has 0 spiro atoms. The number of rotatable bonds is 3. The van der Waals surface area contributed by atoms with E-state index in [4.69, 9.17) is 4.84 Å². The zero-order valence-corrected chi connectivity index (χ0v) is 9.66. The summed E-state index contributed by atoms with van der Waals surface area (Å²) in [5.41, 5.74) is 1.32. The van der Waals surface area contributed by atoms with Crippen LogP contribution in [0.5, 0.6) is 0 Å². The van der Waals surface area contributed by atoms with E-state index in [2.05, 4.69) is 32.9 Å². The fraction of sp³-hybridized carbons (Fsp3) is 0.500. The van der Waals surface area contributed by atoms with Gasteiger partial charge in [0.25, 0.3) is 0 Å². The molecule has 14 heavy (non-hydrogen) atoms. The molecule has 0 aromatic heterocycles. The largest absolute Gasteiger partial charge is 0.302 e. The topological polar surface area (TPSA) is 12.5 Å². The van der Waals surface area contributed by atoms with Crippen LogP contribution in [-0.2, 0) is 4.84 Å². The van der Waals surface area contributed by atoms with Crippen LogP contribution in [0, 0.1) is 6.92 Å². The summed E-state index contributed by atoms with van der Waals surface area (Å²) in [7, 11) is 1.69. The lowest BCUT2D eigenvalue weighted by Crippen LogP contribution is -2.20. The van der Waals surface area contributed by atoms with Gasteiger partial charge in [-0.1, -0.05) is 49.7 Å². The number of benzene rings is 1. The van der Waals surface area contributed by atoms with Crippen LogP contribution in [0.15, 0.2) is 30.3 Å². The standard InChI is InChI=1S/C7H8.C5H13NO/c1-7-5-3-2-4-6-7;1-4-6(5-2)7-3/h2-6H,1H3;4-5H2,1-3H3. The highest BCUT2D eigenvalue weighted by atomic mass is 16.7. The van der Waals surface area contributed by atoms with Gasteiger partial charge < -0.3 is 4.84 Å². The van der Waals surface area contributed by atoms with Crippen molar-refractivity contribution in [2.24, 2.45) is 0 Å². The van der Waals surface area contributed by atoms with Gasteiger partial charge in [0.2, 0.25) is 0 Å². The molecule has 0 fully saturated rings. The van der Waals surface area contributed by atoms with Crippen molar-refractivity contribution in [2.45, 2.75) is 20.8 Å². The van der Waals surface area contributed by atoms with Gasteiger partial charge >= 0.3 is 0 Å². The predicted octanol–water partition coefficient (Wildman–Crippen LogP) is 2.88. The van der Waals surface area contributed by atoms with Gasteiger partial charge in [-0.15, -0.1) is 0 Å². The Morgan fingerprint density at radius 2 is 1.57 bits per heavy atom. The molecule has 2 heteroatoms. The summed E-state index contributed by atoms with van der Waals surface area (Å²) in [6.07, 6.45) is 0. The Balaban J connectivity index is 0.000000241. The Morgan fingerprint density at radius 1 is 1.07 bits per heavy atom. The maximum absolute atomic E-state index is 4.88. The van der Waals surface area contributed by atoms with Crippen molar-refractivity contribution in [1.82, 2.24) is 5.06 Å². The Kier molecular flexibility index (Phi) is 8.19. The van der Waals surface area contributed by atoms with E-state index in [0.717, 1.165) is 13.1 Å². The van der Waals surface area contributed by atoms with Crippen molar-refractivity contribution in [3.05, 3.63) is 35.9 Å². The second-order valence-corrected chi connectivity index (χ2v) is 2.95. The number of aryl methyl sites for hydroxylation is 1. The molecule has 0 saturated carbocycles. The first-order chi connectivity index (χ1) is 6.74. The molecule has 0 aliphatic carbocycles. The summed E-state index contributed by atoms with van der Waals surface area (Å²) in [5.74, 6) is 0. The normalized spacial score (nSPS) is 9.50. The second kappa shape index (κ2) is 8.73. The van der Waals surface area contributed by atoms with Crippen molar-refractivity contribution in [1.29, 1.82) is 0 Å². The number of hydrogen-bond donors (Lipinski definition) is 0. The van der Waals surface area contributed by atoms with Gasteiger partial charge in [-0.3, -0.25) is 0 Å². The summed E-state index contributed by atoms with van der Waals surface area (Å²) < 4.78 is 0. The lowest BCUT2D eigenvalue weighted by molar-refractivity contribution is -0.123. The van der Waals surface area contributed by atoms with Crippen molar-refractivity contribution < 1.29 is 4.84 Å². The lowest BCUT2D eigenvalue weighted by Gasteiger charge is -2.12. The molecule has 0 radical (unpaired) electrons. The SMILES string of the molecule is CCN(CC)OC.Cc1ccccc1. The molecule has 1 aromatic carbocycles. The van der Waals surface area contributed by atoms with E-state index in [-0.39, 0.29) is 0 Å². The fourth-order valence-corrected chi connectivity index (χ4v) is 1.02. The summed E-state index contributed by atoms with van der Waals surface area (Å²) in [5, 5.41) is 1.88. The molecule has 0 N–H and O–H groups in total. The van der Waals surface area contributed by atoms with Crippen molar-refractivity contribution >= 4 is 0 Å². The third-order valence-electron chi connectivity index (χ3n) is 1.90. The Bertz CT molecular complexity index is 201. The Morgan fingerprint density at radius 3 is 1.71 bits per heavy atom. The maximum atomic E-state index is 4.88. The summed E-state index contributed by atoms with van der Waals surface area (Å²) in [6, 6.07) is 10.3. The van der Waals surface area contributed by atoms with E-state index in [9.17, 15) is 0 Å². The molecule has 0 unspecified atom stereocenters. The minimum absolute atomic E-state index is 0.965. The highest BCUT2D eigenvalue weighted by molar-refractivity contribution is 5.11. The number of hydrogen-bond acceptors (Lipinski definition) is 2.